The highest BCUT2D eigenvalue weighted by Crippen LogP contribution is 2.35. The lowest BCUT2D eigenvalue weighted by Crippen LogP contribution is -2.18. The molecule has 0 spiro atoms. The van der Waals surface area contributed by atoms with Crippen molar-refractivity contribution < 1.29 is 22.7 Å². The Morgan fingerprint density at radius 2 is 2.15 bits per heavy atom. The average molecular weight is 456 g/mol. The molecule has 1 aromatic heterocycles. The van der Waals surface area contributed by atoms with Crippen LogP contribution in [0.15, 0.2) is 54.0 Å². The van der Waals surface area contributed by atoms with Crippen molar-refractivity contribution in [1.29, 1.82) is 0 Å². The zero-order valence-electron chi connectivity index (χ0n) is 13.9. The summed E-state index contributed by atoms with van der Waals surface area (Å²) in [5, 5.41) is 13.6. The molecule has 3 N–H and O–H groups in total. The zero-order chi connectivity index (χ0) is 19.6. The highest BCUT2D eigenvalue weighted by molar-refractivity contribution is 9.10. The molecule has 0 amide bonds. The zero-order valence-corrected chi connectivity index (χ0v) is 16.3. The molecule has 2 aromatic carbocycles. The van der Waals surface area contributed by atoms with E-state index in [1.54, 1.807) is 13.0 Å². The molecule has 142 valence electrons. The fourth-order valence-corrected chi connectivity index (χ4v) is 3.52. The SMILES string of the molecule is CCOc1cc(/C=N/NS(=O)(=O)c2ccc3[nH]c(=O)oc3c2)cc(Br)c1O. The Balaban J connectivity index is 1.82. The summed E-state index contributed by atoms with van der Waals surface area (Å²) in [6, 6.07) is 7.02. The first-order chi connectivity index (χ1) is 12.8. The lowest BCUT2D eigenvalue weighted by atomic mass is 10.2. The molecular formula is C16H14BrN3O6S. The van der Waals surface area contributed by atoms with Gasteiger partial charge in [0.15, 0.2) is 17.1 Å². The van der Waals surface area contributed by atoms with E-state index in [4.69, 9.17) is 9.15 Å². The minimum absolute atomic E-state index is 0.0594. The molecule has 11 heteroatoms. The number of hydrogen-bond donors (Lipinski definition) is 3. The fraction of sp³-hybridized carbons (Fsp3) is 0.125. The first kappa shape index (κ1) is 19.0. The number of halogens is 1. The largest absolute Gasteiger partial charge is 0.503 e. The van der Waals surface area contributed by atoms with Gasteiger partial charge in [-0.2, -0.15) is 13.5 Å². The first-order valence-electron chi connectivity index (χ1n) is 7.63. The van der Waals surface area contributed by atoms with Crippen molar-refractivity contribution >= 4 is 43.3 Å². The van der Waals surface area contributed by atoms with Crippen LogP contribution in [0.25, 0.3) is 11.1 Å². The number of phenols is 1. The number of nitrogens with zero attached hydrogens (tertiary/aromatic N) is 1. The van der Waals surface area contributed by atoms with Gasteiger partial charge in [-0.05, 0) is 52.7 Å². The summed E-state index contributed by atoms with van der Waals surface area (Å²) < 4.78 is 35.2. The van der Waals surface area contributed by atoms with E-state index in [2.05, 4.69) is 30.8 Å². The highest BCUT2D eigenvalue weighted by Gasteiger charge is 2.15. The monoisotopic (exact) mass is 455 g/mol. The number of benzene rings is 2. The van der Waals surface area contributed by atoms with Gasteiger partial charge in [-0.25, -0.2) is 9.63 Å². The molecule has 0 bridgehead atoms. The van der Waals surface area contributed by atoms with Crippen molar-refractivity contribution in [3.63, 3.8) is 0 Å². The molecule has 27 heavy (non-hydrogen) atoms. The van der Waals surface area contributed by atoms with Gasteiger partial charge < -0.3 is 14.3 Å². The number of sulfonamides is 1. The summed E-state index contributed by atoms with van der Waals surface area (Å²) in [5.41, 5.74) is 1.01. The van der Waals surface area contributed by atoms with E-state index in [0.29, 0.717) is 22.2 Å². The standard InChI is InChI=1S/C16H14BrN3O6S/c1-2-25-14-6-9(5-11(17)15(14)21)8-18-20-27(23,24)10-3-4-12-13(7-10)26-16(22)19-12/h3-8,20-21H,2H2,1H3,(H,19,22)/b18-8+. The second-order valence-electron chi connectivity index (χ2n) is 5.31. The van der Waals surface area contributed by atoms with Gasteiger partial charge in [0.1, 0.15) is 0 Å². The van der Waals surface area contributed by atoms with Crippen molar-refractivity contribution in [2.75, 3.05) is 6.61 Å². The first-order valence-corrected chi connectivity index (χ1v) is 9.91. The molecule has 0 atom stereocenters. The number of fused-ring (bicyclic) bond motifs is 1. The van der Waals surface area contributed by atoms with Crippen LogP contribution in [0.2, 0.25) is 0 Å². The second kappa shape index (κ2) is 7.45. The summed E-state index contributed by atoms with van der Waals surface area (Å²) in [7, 11) is -3.97. The smallest absolute Gasteiger partial charge is 0.417 e. The van der Waals surface area contributed by atoms with E-state index >= 15 is 0 Å². The van der Waals surface area contributed by atoms with Crippen LogP contribution in [0.3, 0.4) is 0 Å². The molecule has 0 aliphatic rings. The fourth-order valence-electron chi connectivity index (χ4n) is 2.25. The normalized spacial score (nSPS) is 11.9. The van der Waals surface area contributed by atoms with E-state index in [0.717, 1.165) is 0 Å². The van der Waals surface area contributed by atoms with Crippen molar-refractivity contribution in [3.8, 4) is 11.5 Å². The quantitative estimate of drug-likeness (QED) is 0.385. The van der Waals surface area contributed by atoms with Gasteiger partial charge >= 0.3 is 5.76 Å². The molecule has 9 nitrogen and oxygen atoms in total. The number of aromatic amines is 1. The Bertz CT molecular complexity index is 1180. The number of H-pyrrole nitrogens is 1. The van der Waals surface area contributed by atoms with Gasteiger partial charge in [-0.15, -0.1) is 0 Å². The molecule has 0 aliphatic heterocycles. The molecule has 1 heterocycles. The lowest BCUT2D eigenvalue weighted by molar-refractivity contribution is 0.317. The molecule has 0 radical (unpaired) electrons. The van der Waals surface area contributed by atoms with Crippen molar-refractivity contribution in [2.45, 2.75) is 11.8 Å². The second-order valence-corrected chi connectivity index (χ2v) is 7.82. The van der Waals surface area contributed by atoms with Gasteiger partial charge in [0.2, 0.25) is 0 Å². The van der Waals surface area contributed by atoms with E-state index in [9.17, 15) is 18.3 Å². The van der Waals surface area contributed by atoms with Crippen LogP contribution in [0.1, 0.15) is 12.5 Å². The summed E-state index contributed by atoms with van der Waals surface area (Å²) in [5.74, 6) is -0.492. The Labute approximate surface area is 161 Å². The number of ether oxygens (including phenoxy) is 1. The van der Waals surface area contributed by atoms with Crippen LogP contribution in [0.5, 0.6) is 11.5 Å². The minimum Gasteiger partial charge on any atom is -0.503 e. The summed E-state index contributed by atoms with van der Waals surface area (Å²) in [6.45, 7) is 2.12. The van der Waals surface area contributed by atoms with Gasteiger partial charge in [-0.3, -0.25) is 4.98 Å². The molecule has 0 saturated heterocycles. The molecule has 0 aliphatic carbocycles. The topological polar surface area (TPSA) is 134 Å². The predicted octanol–water partition coefficient (Wildman–Crippen LogP) is 2.30. The number of aromatic nitrogens is 1. The van der Waals surface area contributed by atoms with Crippen LogP contribution in [0.4, 0.5) is 0 Å². The molecule has 0 unspecified atom stereocenters. The number of hydrogen-bond acceptors (Lipinski definition) is 7. The van der Waals surface area contributed by atoms with Gasteiger partial charge in [0.25, 0.3) is 10.0 Å². The maximum atomic E-state index is 12.3. The number of aromatic hydroxyl groups is 1. The molecule has 0 saturated carbocycles. The van der Waals surface area contributed by atoms with Crippen molar-refractivity contribution in [3.05, 3.63) is 50.9 Å². The Hall–Kier alpha value is -2.79. The summed E-state index contributed by atoms with van der Waals surface area (Å²) in [4.78, 5) is 15.5. The minimum atomic E-state index is -3.97. The summed E-state index contributed by atoms with van der Waals surface area (Å²) >= 11 is 3.19. The van der Waals surface area contributed by atoms with Crippen LogP contribution in [0, 0.1) is 0 Å². The van der Waals surface area contributed by atoms with Crippen molar-refractivity contribution in [2.24, 2.45) is 5.10 Å². The highest BCUT2D eigenvalue weighted by atomic mass is 79.9. The van der Waals surface area contributed by atoms with Crippen LogP contribution >= 0.6 is 15.9 Å². The van der Waals surface area contributed by atoms with Crippen molar-refractivity contribution in [1.82, 2.24) is 9.82 Å². The van der Waals surface area contributed by atoms with E-state index < -0.39 is 15.8 Å². The maximum absolute atomic E-state index is 12.3. The molecule has 3 rings (SSSR count). The average Bonchev–Trinajstić information content (AvgIpc) is 2.98. The third-order valence-electron chi connectivity index (χ3n) is 3.44. The lowest BCUT2D eigenvalue weighted by Gasteiger charge is -2.08. The van der Waals surface area contributed by atoms with E-state index in [1.807, 2.05) is 0 Å². The number of phenolic OH excluding ortho intramolecular Hbond substituents is 1. The number of hydrazone groups is 1. The Kier molecular flexibility index (Phi) is 5.24. The molecule has 3 aromatic rings. The number of oxazole rings is 1. The maximum Gasteiger partial charge on any atom is 0.417 e. The van der Waals surface area contributed by atoms with Gasteiger partial charge in [-0.1, -0.05) is 0 Å². The van der Waals surface area contributed by atoms with E-state index in [1.165, 1.54) is 30.5 Å². The molecule has 0 fully saturated rings. The Morgan fingerprint density at radius 1 is 1.37 bits per heavy atom. The third-order valence-corrected chi connectivity index (χ3v) is 5.26. The summed E-state index contributed by atoms with van der Waals surface area (Å²) in [6.07, 6.45) is 1.26. The van der Waals surface area contributed by atoms with Gasteiger partial charge in [0, 0.05) is 6.07 Å². The third kappa shape index (κ3) is 4.14. The predicted molar refractivity (Wildman–Crippen MR) is 102 cm³/mol. The van der Waals surface area contributed by atoms with E-state index in [-0.39, 0.29) is 22.0 Å². The van der Waals surface area contributed by atoms with Crippen LogP contribution < -0.4 is 15.3 Å². The number of nitrogens with one attached hydrogen (secondary N) is 2. The van der Waals surface area contributed by atoms with Gasteiger partial charge in [0.05, 0.1) is 27.7 Å². The van der Waals surface area contributed by atoms with Crippen LogP contribution in [-0.2, 0) is 10.0 Å². The van der Waals surface area contributed by atoms with Crippen LogP contribution in [-0.4, -0.2) is 31.3 Å². The molecular weight excluding hydrogens is 442 g/mol. The number of rotatable bonds is 6. The Morgan fingerprint density at radius 3 is 2.89 bits per heavy atom.